The molecule has 0 unspecified atom stereocenters. The molecule has 1 amide bonds. The van der Waals surface area contributed by atoms with Crippen LogP contribution in [0, 0.1) is 0 Å². The number of rotatable bonds is 7. The number of nitrogens with one attached hydrogen (secondary N) is 1. The maximum Gasteiger partial charge on any atom is 0.229 e. The number of aromatic nitrogens is 3. The molecule has 25 heavy (non-hydrogen) atoms. The Morgan fingerprint density at radius 3 is 2.68 bits per heavy atom. The minimum atomic E-state index is -2.31. The standard InChI is InChI=1S/C16H20F2N4O3/c1-25-13-6-5-11-14(21-13)22(10-3-2-4-10)15(19-11)20-12(23)7-16(24,8-17)9-18/h5-6,10,24H,2-4,7-9H2,1H3,(H,19,20,23). The summed E-state index contributed by atoms with van der Waals surface area (Å²) in [6, 6.07) is 3.53. The van der Waals surface area contributed by atoms with Gasteiger partial charge >= 0.3 is 0 Å². The summed E-state index contributed by atoms with van der Waals surface area (Å²) in [5.74, 6) is -0.0266. The van der Waals surface area contributed by atoms with E-state index < -0.39 is 31.3 Å². The number of alkyl halides is 2. The minimum Gasteiger partial charge on any atom is -0.481 e. The van der Waals surface area contributed by atoms with Gasteiger partial charge in [-0.15, -0.1) is 0 Å². The average molecular weight is 354 g/mol. The molecule has 0 aromatic carbocycles. The SMILES string of the molecule is COc1ccc2nc(NC(=O)CC(O)(CF)CF)n(C3CCC3)c2n1. The van der Waals surface area contributed by atoms with Gasteiger partial charge in [-0.2, -0.15) is 4.98 Å². The van der Waals surface area contributed by atoms with Crippen molar-refractivity contribution in [2.45, 2.75) is 37.3 Å². The van der Waals surface area contributed by atoms with Gasteiger partial charge in [-0.1, -0.05) is 0 Å². The highest BCUT2D eigenvalue weighted by molar-refractivity contribution is 5.91. The fraction of sp³-hybridized carbons (Fsp3) is 0.562. The molecule has 9 heteroatoms. The number of carbonyl (C=O) groups excluding carboxylic acids is 1. The van der Waals surface area contributed by atoms with Crippen LogP contribution in [0.15, 0.2) is 12.1 Å². The van der Waals surface area contributed by atoms with Crippen LogP contribution in [0.4, 0.5) is 14.7 Å². The smallest absolute Gasteiger partial charge is 0.229 e. The van der Waals surface area contributed by atoms with E-state index in [2.05, 4.69) is 15.3 Å². The topological polar surface area (TPSA) is 89.3 Å². The monoisotopic (exact) mass is 354 g/mol. The highest BCUT2D eigenvalue weighted by atomic mass is 19.1. The second-order valence-electron chi connectivity index (χ2n) is 6.30. The molecule has 1 aliphatic carbocycles. The van der Waals surface area contributed by atoms with Crippen LogP contribution < -0.4 is 10.1 Å². The second kappa shape index (κ2) is 6.91. The van der Waals surface area contributed by atoms with Crippen molar-refractivity contribution in [3.05, 3.63) is 12.1 Å². The first kappa shape index (κ1) is 17.5. The molecular formula is C16H20F2N4O3. The number of ether oxygens (including phenoxy) is 1. The van der Waals surface area contributed by atoms with Crippen LogP contribution in [0.5, 0.6) is 5.88 Å². The van der Waals surface area contributed by atoms with E-state index in [4.69, 9.17) is 4.74 Å². The molecule has 2 aromatic heterocycles. The fourth-order valence-corrected chi connectivity index (χ4v) is 2.75. The Hall–Kier alpha value is -2.29. The summed E-state index contributed by atoms with van der Waals surface area (Å²) in [4.78, 5) is 20.9. The molecule has 2 heterocycles. The number of hydrogen-bond donors (Lipinski definition) is 2. The van der Waals surface area contributed by atoms with E-state index in [0.29, 0.717) is 17.0 Å². The quantitative estimate of drug-likeness (QED) is 0.795. The third-order valence-electron chi connectivity index (χ3n) is 4.40. The number of fused-ring (bicyclic) bond motifs is 1. The van der Waals surface area contributed by atoms with Crippen LogP contribution in [-0.4, -0.2) is 51.6 Å². The number of halogens is 2. The molecule has 2 aromatic rings. The minimum absolute atomic E-state index is 0.140. The normalized spacial score (nSPS) is 15.2. The van der Waals surface area contributed by atoms with Crippen molar-refractivity contribution in [2.24, 2.45) is 0 Å². The number of hydrogen-bond acceptors (Lipinski definition) is 5. The van der Waals surface area contributed by atoms with Crippen molar-refractivity contribution in [2.75, 3.05) is 25.8 Å². The zero-order valence-corrected chi connectivity index (χ0v) is 13.8. The maximum absolute atomic E-state index is 12.7. The Kier molecular flexibility index (Phi) is 4.85. The first-order valence-electron chi connectivity index (χ1n) is 8.07. The molecule has 136 valence electrons. The van der Waals surface area contributed by atoms with Crippen molar-refractivity contribution in [1.82, 2.24) is 14.5 Å². The number of anilines is 1. The molecule has 7 nitrogen and oxygen atoms in total. The van der Waals surface area contributed by atoms with E-state index in [0.717, 1.165) is 19.3 Å². The van der Waals surface area contributed by atoms with E-state index in [1.807, 2.05) is 4.57 Å². The van der Waals surface area contributed by atoms with Crippen molar-refractivity contribution < 1.29 is 23.4 Å². The Balaban J connectivity index is 1.91. The summed E-state index contributed by atoms with van der Waals surface area (Å²) in [6.45, 7) is -2.68. The predicted octanol–water partition coefficient (Wildman–Crippen LogP) is 2.16. The van der Waals surface area contributed by atoms with E-state index in [9.17, 15) is 18.7 Å². The van der Waals surface area contributed by atoms with Gasteiger partial charge < -0.3 is 9.84 Å². The molecular weight excluding hydrogens is 334 g/mol. The number of pyridine rings is 1. The number of carbonyl (C=O) groups is 1. The van der Waals surface area contributed by atoms with Gasteiger partial charge in [0.2, 0.25) is 17.7 Å². The molecule has 1 aliphatic rings. The number of aliphatic hydroxyl groups is 1. The highest BCUT2D eigenvalue weighted by Gasteiger charge is 2.32. The molecule has 0 radical (unpaired) electrons. The number of amides is 1. The number of nitrogens with zero attached hydrogens (tertiary/aromatic N) is 3. The van der Waals surface area contributed by atoms with Gasteiger partial charge in [0.05, 0.1) is 13.5 Å². The van der Waals surface area contributed by atoms with Gasteiger partial charge in [-0.25, -0.2) is 13.8 Å². The van der Waals surface area contributed by atoms with Crippen LogP contribution in [0.1, 0.15) is 31.7 Å². The van der Waals surface area contributed by atoms with Gasteiger partial charge in [-0.05, 0) is 25.3 Å². The third-order valence-corrected chi connectivity index (χ3v) is 4.40. The van der Waals surface area contributed by atoms with Crippen molar-refractivity contribution in [3.63, 3.8) is 0 Å². The first-order chi connectivity index (χ1) is 12.0. The highest BCUT2D eigenvalue weighted by Crippen LogP contribution is 2.37. The Bertz CT molecular complexity index is 772. The lowest BCUT2D eigenvalue weighted by atomic mass is 9.93. The maximum atomic E-state index is 12.7. The van der Waals surface area contributed by atoms with Gasteiger partial charge in [0.15, 0.2) is 5.65 Å². The lowest BCUT2D eigenvalue weighted by Crippen LogP contribution is -2.38. The average Bonchev–Trinajstić information content (AvgIpc) is 2.90. The number of methoxy groups -OCH3 is 1. The van der Waals surface area contributed by atoms with Crippen molar-refractivity contribution >= 4 is 23.0 Å². The third kappa shape index (κ3) is 3.41. The molecule has 0 saturated heterocycles. The lowest BCUT2D eigenvalue weighted by molar-refractivity contribution is -0.122. The molecule has 3 rings (SSSR count). The van der Waals surface area contributed by atoms with Gasteiger partial charge in [0.25, 0.3) is 0 Å². The van der Waals surface area contributed by atoms with Crippen LogP contribution in [0.3, 0.4) is 0 Å². The Morgan fingerprint density at radius 1 is 1.40 bits per heavy atom. The van der Waals surface area contributed by atoms with Crippen LogP contribution in [0.2, 0.25) is 0 Å². The predicted molar refractivity (Wildman–Crippen MR) is 87.1 cm³/mol. The fourth-order valence-electron chi connectivity index (χ4n) is 2.75. The molecule has 1 fully saturated rings. The van der Waals surface area contributed by atoms with Crippen molar-refractivity contribution in [1.29, 1.82) is 0 Å². The first-order valence-corrected chi connectivity index (χ1v) is 8.07. The van der Waals surface area contributed by atoms with E-state index in [1.54, 1.807) is 12.1 Å². The number of imidazole rings is 1. The summed E-state index contributed by atoms with van der Waals surface area (Å²) in [5, 5.41) is 12.2. The summed E-state index contributed by atoms with van der Waals surface area (Å²) < 4.78 is 32.4. The van der Waals surface area contributed by atoms with Gasteiger partial charge in [-0.3, -0.25) is 14.7 Å². The van der Waals surface area contributed by atoms with E-state index in [-0.39, 0.29) is 12.0 Å². The summed E-state index contributed by atoms with van der Waals surface area (Å²) >= 11 is 0. The summed E-state index contributed by atoms with van der Waals surface area (Å²) in [7, 11) is 1.51. The molecule has 2 N–H and O–H groups in total. The molecule has 0 spiro atoms. The Labute approximate surface area is 143 Å². The summed E-state index contributed by atoms with van der Waals surface area (Å²) in [6.07, 6.45) is 2.22. The summed E-state index contributed by atoms with van der Waals surface area (Å²) in [5.41, 5.74) is -1.15. The molecule has 0 atom stereocenters. The van der Waals surface area contributed by atoms with Gasteiger partial charge in [0.1, 0.15) is 24.5 Å². The van der Waals surface area contributed by atoms with Crippen LogP contribution in [-0.2, 0) is 4.79 Å². The van der Waals surface area contributed by atoms with Crippen LogP contribution in [0.25, 0.3) is 11.2 Å². The Morgan fingerprint density at radius 2 is 2.12 bits per heavy atom. The zero-order valence-electron chi connectivity index (χ0n) is 13.8. The zero-order chi connectivity index (χ0) is 18.0. The van der Waals surface area contributed by atoms with Gasteiger partial charge in [0, 0.05) is 12.1 Å². The lowest BCUT2D eigenvalue weighted by Gasteiger charge is -2.28. The van der Waals surface area contributed by atoms with E-state index >= 15 is 0 Å². The van der Waals surface area contributed by atoms with Crippen LogP contribution >= 0.6 is 0 Å². The largest absolute Gasteiger partial charge is 0.481 e. The van der Waals surface area contributed by atoms with Crippen molar-refractivity contribution in [3.8, 4) is 5.88 Å². The molecule has 0 aliphatic heterocycles. The van der Waals surface area contributed by atoms with E-state index in [1.165, 1.54) is 7.11 Å². The molecule has 0 bridgehead atoms. The second-order valence-corrected chi connectivity index (χ2v) is 6.30. The molecule has 1 saturated carbocycles.